The van der Waals surface area contributed by atoms with Crippen molar-refractivity contribution in [3.05, 3.63) is 106 Å². The zero-order chi connectivity index (χ0) is 22.1. The summed E-state index contributed by atoms with van der Waals surface area (Å²) in [6.07, 6.45) is 3.56. The number of carbonyl (C=O) groups excluding carboxylic acids is 1. The second-order valence-electron chi connectivity index (χ2n) is 8.53. The molecule has 1 aromatic heterocycles. The Labute approximate surface area is 194 Å². The van der Waals surface area contributed by atoms with E-state index in [-0.39, 0.29) is 11.8 Å². The smallest absolute Gasteiger partial charge is 0.223 e. The molecular formula is C28H27ClN2O. The van der Waals surface area contributed by atoms with Gasteiger partial charge in [-0.25, -0.2) is 0 Å². The fourth-order valence-corrected chi connectivity index (χ4v) is 5.16. The summed E-state index contributed by atoms with van der Waals surface area (Å²) >= 11 is 6.37. The number of aromatic nitrogens is 1. The van der Waals surface area contributed by atoms with Gasteiger partial charge in [-0.1, -0.05) is 66.2 Å². The maximum Gasteiger partial charge on any atom is 0.223 e. The van der Waals surface area contributed by atoms with Gasteiger partial charge in [0.1, 0.15) is 0 Å². The average molecular weight is 443 g/mol. The lowest BCUT2D eigenvalue weighted by Gasteiger charge is -2.30. The normalized spacial score (nSPS) is 14.4. The number of hydrogen-bond donors (Lipinski definition) is 0. The van der Waals surface area contributed by atoms with Crippen LogP contribution in [-0.2, 0) is 24.3 Å². The number of benzene rings is 3. The van der Waals surface area contributed by atoms with Crippen LogP contribution in [0.25, 0.3) is 10.9 Å². The van der Waals surface area contributed by atoms with Crippen molar-refractivity contribution in [2.75, 3.05) is 6.54 Å². The Balaban J connectivity index is 1.51. The van der Waals surface area contributed by atoms with Crippen LogP contribution in [0.15, 0.2) is 79.0 Å². The first-order valence-corrected chi connectivity index (χ1v) is 11.7. The minimum Gasteiger partial charge on any atom is -0.347 e. The first-order chi connectivity index (χ1) is 15.6. The molecule has 0 radical (unpaired) electrons. The van der Waals surface area contributed by atoms with Gasteiger partial charge in [0.05, 0.1) is 0 Å². The molecule has 32 heavy (non-hydrogen) atoms. The lowest BCUT2D eigenvalue weighted by Crippen LogP contribution is -2.36. The molecule has 0 fully saturated rings. The van der Waals surface area contributed by atoms with Crippen LogP contribution in [0.2, 0.25) is 5.02 Å². The highest BCUT2D eigenvalue weighted by atomic mass is 35.5. The standard InChI is InChI=1S/C28H27ClN2O/c1-2-30-19-26(24-12-5-6-13-27(24)30)25(21-10-7-11-23(29)16-21)17-28(32)31-15-14-20-8-3-4-9-22(20)18-31/h3-13,16,19,25H,2,14-15,17-18H2,1H3/t25-/m1/s1. The van der Waals surface area contributed by atoms with E-state index >= 15 is 0 Å². The predicted octanol–water partition coefficient (Wildman–Crippen LogP) is 6.42. The van der Waals surface area contributed by atoms with E-state index in [1.165, 1.54) is 27.6 Å². The molecular weight excluding hydrogens is 416 g/mol. The second kappa shape index (κ2) is 8.84. The molecule has 0 aliphatic carbocycles. The Kier molecular flexibility index (Phi) is 5.75. The van der Waals surface area contributed by atoms with Gasteiger partial charge in [-0.2, -0.15) is 0 Å². The topological polar surface area (TPSA) is 25.2 Å². The number of para-hydroxylation sites is 1. The molecule has 1 aliphatic rings. The molecule has 162 valence electrons. The van der Waals surface area contributed by atoms with E-state index in [2.05, 4.69) is 72.3 Å². The monoisotopic (exact) mass is 442 g/mol. The maximum absolute atomic E-state index is 13.5. The van der Waals surface area contributed by atoms with E-state index in [1.807, 2.05) is 23.1 Å². The summed E-state index contributed by atoms with van der Waals surface area (Å²) in [5.74, 6) is 0.147. The van der Waals surface area contributed by atoms with Gasteiger partial charge >= 0.3 is 0 Å². The molecule has 0 bridgehead atoms. The Hall–Kier alpha value is -3.04. The van der Waals surface area contributed by atoms with Crippen LogP contribution < -0.4 is 0 Å². The van der Waals surface area contributed by atoms with Crippen molar-refractivity contribution in [1.29, 1.82) is 0 Å². The van der Waals surface area contributed by atoms with E-state index in [0.29, 0.717) is 18.0 Å². The predicted molar refractivity (Wildman–Crippen MR) is 131 cm³/mol. The zero-order valence-corrected chi connectivity index (χ0v) is 19.1. The SMILES string of the molecule is CCn1cc([C@H](CC(=O)N2CCc3ccccc3C2)c2cccc(Cl)c2)c2ccccc21. The van der Waals surface area contributed by atoms with Gasteiger partial charge < -0.3 is 9.47 Å². The minimum absolute atomic E-state index is 0.0453. The highest BCUT2D eigenvalue weighted by Crippen LogP contribution is 2.36. The van der Waals surface area contributed by atoms with Gasteiger partial charge in [0.15, 0.2) is 0 Å². The summed E-state index contributed by atoms with van der Waals surface area (Å²) in [5.41, 5.74) is 6.09. The van der Waals surface area contributed by atoms with Gasteiger partial charge in [-0.15, -0.1) is 0 Å². The van der Waals surface area contributed by atoms with Gasteiger partial charge in [0.25, 0.3) is 0 Å². The third-order valence-corrected chi connectivity index (χ3v) is 6.88. The number of halogens is 1. The van der Waals surface area contributed by atoms with Crippen molar-refractivity contribution in [2.45, 2.75) is 38.8 Å². The van der Waals surface area contributed by atoms with Crippen molar-refractivity contribution in [3.63, 3.8) is 0 Å². The average Bonchev–Trinajstić information content (AvgIpc) is 3.20. The van der Waals surface area contributed by atoms with Gasteiger partial charge in [-0.05, 0) is 53.8 Å². The van der Waals surface area contributed by atoms with Crippen molar-refractivity contribution < 1.29 is 4.79 Å². The Bertz CT molecular complexity index is 1280. The van der Waals surface area contributed by atoms with E-state index in [9.17, 15) is 4.79 Å². The summed E-state index contributed by atoms with van der Waals surface area (Å²) in [7, 11) is 0. The molecule has 0 spiro atoms. The molecule has 3 aromatic carbocycles. The molecule has 4 heteroatoms. The molecule has 1 aliphatic heterocycles. The molecule has 4 aromatic rings. The molecule has 0 saturated carbocycles. The number of rotatable bonds is 5. The van der Waals surface area contributed by atoms with Crippen LogP contribution in [0.4, 0.5) is 0 Å². The van der Waals surface area contributed by atoms with Crippen LogP contribution in [0.1, 0.15) is 41.5 Å². The number of hydrogen-bond acceptors (Lipinski definition) is 1. The first-order valence-electron chi connectivity index (χ1n) is 11.3. The van der Waals surface area contributed by atoms with Crippen molar-refractivity contribution in [2.24, 2.45) is 0 Å². The molecule has 1 atom stereocenters. The Morgan fingerprint density at radius 2 is 1.78 bits per heavy atom. The summed E-state index contributed by atoms with van der Waals surface area (Å²) in [4.78, 5) is 15.6. The highest BCUT2D eigenvalue weighted by molar-refractivity contribution is 6.30. The van der Waals surface area contributed by atoms with Gasteiger partial charge in [-0.3, -0.25) is 4.79 Å². The van der Waals surface area contributed by atoms with Crippen LogP contribution >= 0.6 is 11.6 Å². The molecule has 2 heterocycles. The molecule has 5 rings (SSSR count). The lowest BCUT2D eigenvalue weighted by atomic mass is 9.87. The fourth-order valence-electron chi connectivity index (χ4n) is 4.96. The highest BCUT2D eigenvalue weighted by Gasteiger charge is 2.27. The quantitative estimate of drug-likeness (QED) is 0.350. The molecule has 0 saturated heterocycles. The number of aryl methyl sites for hydroxylation is 1. The van der Waals surface area contributed by atoms with Crippen molar-refractivity contribution >= 4 is 28.4 Å². The van der Waals surface area contributed by atoms with Gasteiger partial charge in [0.2, 0.25) is 5.91 Å². The van der Waals surface area contributed by atoms with Crippen LogP contribution in [0.5, 0.6) is 0 Å². The van der Waals surface area contributed by atoms with Crippen LogP contribution in [-0.4, -0.2) is 21.9 Å². The van der Waals surface area contributed by atoms with Crippen LogP contribution in [0, 0.1) is 0 Å². The van der Waals surface area contributed by atoms with E-state index in [0.717, 1.165) is 25.1 Å². The lowest BCUT2D eigenvalue weighted by molar-refractivity contribution is -0.132. The number of fused-ring (bicyclic) bond motifs is 2. The molecule has 1 amide bonds. The van der Waals surface area contributed by atoms with Crippen molar-refractivity contribution in [1.82, 2.24) is 9.47 Å². The van der Waals surface area contributed by atoms with E-state index in [4.69, 9.17) is 11.6 Å². The summed E-state index contributed by atoms with van der Waals surface area (Å²) in [5, 5.41) is 1.90. The molecule has 0 N–H and O–H groups in total. The molecule has 3 nitrogen and oxygen atoms in total. The third kappa shape index (κ3) is 3.93. The molecule has 0 unspecified atom stereocenters. The fraction of sp³-hybridized carbons (Fsp3) is 0.250. The summed E-state index contributed by atoms with van der Waals surface area (Å²) < 4.78 is 2.27. The number of nitrogens with zero attached hydrogens (tertiary/aromatic N) is 2. The zero-order valence-electron chi connectivity index (χ0n) is 18.3. The summed E-state index contributed by atoms with van der Waals surface area (Å²) in [6.45, 7) is 4.50. The third-order valence-electron chi connectivity index (χ3n) is 6.65. The maximum atomic E-state index is 13.5. The van der Waals surface area contributed by atoms with Crippen LogP contribution in [0.3, 0.4) is 0 Å². The number of amides is 1. The largest absolute Gasteiger partial charge is 0.347 e. The first kappa shape index (κ1) is 20.8. The van der Waals surface area contributed by atoms with Crippen molar-refractivity contribution in [3.8, 4) is 0 Å². The number of carbonyl (C=O) groups is 1. The Morgan fingerprint density at radius 3 is 2.59 bits per heavy atom. The second-order valence-corrected chi connectivity index (χ2v) is 8.97. The summed E-state index contributed by atoms with van der Waals surface area (Å²) in [6, 6.07) is 24.9. The van der Waals surface area contributed by atoms with Gasteiger partial charge in [0, 0.05) is 54.1 Å². The van der Waals surface area contributed by atoms with E-state index < -0.39 is 0 Å². The Morgan fingerprint density at radius 1 is 1.00 bits per heavy atom. The minimum atomic E-state index is -0.0453. The van der Waals surface area contributed by atoms with E-state index in [1.54, 1.807) is 0 Å².